The third-order valence-corrected chi connectivity index (χ3v) is 0.949. The molecule has 0 saturated heterocycles. The predicted molar refractivity (Wildman–Crippen MR) is 64.4 cm³/mol. The van der Waals surface area contributed by atoms with Gasteiger partial charge >= 0.3 is 5.97 Å². The minimum atomic E-state index is -1.04. The molecule has 0 atom stereocenters. The molecular weight excluding hydrogens is 210 g/mol. The standard InChI is InChI=1S/C5H12O.C3H5NO3.C3H8/c1-5(2,3)6-4;5-2-4-1-3(6)7;1-3-2/h1-4H3;2H,1H2,(H,4,5)(H,6,7);3H2,1-2H3. The number of carboxylic acid groups (broad SMARTS) is 1. The SMILES string of the molecule is CCC.COC(C)(C)C.O=CNCC(=O)O. The van der Waals surface area contributed by atoms with Gasteiger partial charge in [-0.05, 0) is 20.8 Å². The number of nitrogens with one attached hydrogen (secondary N) is 1. The highest BCUT2D eigenvalue weighted by Gasteiger charge is 2.03. The predicted octanol–water partition coefficient (Wildman–Crippen LogP) is 1.66. The molecule has 0 unspecified atom stereocenters. The van der Waals surface area contributed by atoms with Crippen molar-refractivity contribution in [3.8, 4) is 0 Å². The number of hydrogen-bond acceptors (Lipinski definition) is 3. The number of carboxylic acids is 1. The number of carbonyl (C=O) groups excluding carboxylic acids is 1. The second kappa shape index (κ2) is 13.9. The van der Waals surface area contributed by atoms with Gasteiger partial charge in [-0.1, -0.05) is 20.3 Å². The van der Waals surface area contributed by atoms with Crippen LogP contribution in [-0.2, 0) is 14.3 Å². The van der Waals surface area contributed by atoms with E-state index in [1.807, 2.05) is 26.1 Å². The van der Waals surface area contributed by atoms with Crippen molar-refractivity contribution >= 4 is 12.4 Å². The van der Waals surface area contributed by atoms with Crippen molar-refractivity contribution in [2.45, 2.75) is 46.6 Å². The maximum Gasteiger partial charge on any atom is 0.322 e. The molecule has 0 fully saturated rings. The van der Waals surface area contributed by atoms with E-state index in [4.69, 9.17) is 9.84 Å². The first-order valence-electron chi connectivity index (χ1n) is 5.19. The molecule has 0 aliphatic carbocycles. The number of rotatable bonds is 3. The zero-order valence-corrected chi connectivity index (χ0v) is 11.2. The average molecular weight is 235 g/mol. The van der Waals surface area contributed by atoms with Crippen molar-refractivity contribution in [1.82, 2.24) is 5.32 Å². The fourth-order valence-electron chi connectivity index (χ4n) is 0.129. The van der Waals surface area contributed by atoms with Gasteiger partial charge in [-0.15, -0.1) is 0 Å². The normalized spacial score (nSPS) is 8.88. The Morgan fingerprint density at radius 3 is 1.75 bits per heavy atom. The van der Waals surface area contributed by atoms with Crippen LogP contribution >= 0.6 is 0 Å². The minimum Gasteiger partial charge on any atom is -0.480 e. The molecule has 0 radical (unpaired) electrons. The van der Waals surface area contributed by atoms with Crippen molar-refractivity contribution in [2.75, 3.05) is 13.7 Å². The maximum atomic E-state index is 9.54. The van der Waals surface area contributed by atoms with Crippen LogP contribution in [-0.4, -0.2) is 36.7 Å². The van der Waals surface area contributed by atoms with E-state index in [9.17, 15) is 9.59 Å². The second-order valence-corrected chi connectivity index (χ2v) is 3.92. The Labute approximate surface area is 98.2 Å². The molecule has 0 aliphatic heterocycles. The molecule has 5 heteroatoms. The fourth-order valence-corrected chi connectivity index (χ4v) is 0.129. The van der Waals surface area contributed by atoms with Gasteiger partial charge in [0.05, 0.1) is 5.60 Å². The summed E-state index contributed by atoms with van der Waals surface area (Å²) in [6.07, 6.45) is 1.59. The highest BCUT2D eigenvalue weighted by Crippen LogP contribution is 2.02. The minimum absolute atomic E-state index is 0.0417. The summed E-state index contributed by atoms with van der Waals surface area (Å²) in [6.45, 7) is 10.0. The summed E-state index contributed by atoms with van der Waals surface area (Å²) in [6, 6.07) is 0. The number of carbonyl (C=O) groups is 2. The smallest absolute Gasteiger partial charge is 0.322 e. The quantitative estimate of drug-likeness (QED) is 0.729. The van der Waals surface area contributed by atoms with E-state index in [-0.39, 0.29) is 12.1 Å². The number of amides is 1. The summed E-state index contributed by atoms with van der Waals surface area (Å²) in [5, 5.41) is 9.79. The molecule has 0 aliphatic rings. The van der Waals surface area contributed by atoms with Crippen molar-refractivity contribution < 1.29 is 19.4 Å². The van der Waals surface area contributed by atoms with E-state index in [0.29, 0.717) is 6.41 Å². The van der Waals surface area contributed by atoms with Crippen molar-refractivity contribution in [2.24, 2.45) is 0 Å². The molecule has 16 heavy (non-hydrogen) atoms. The molecular formula is C11H25NO4. The Kier molecular flexibility index (Phi) is 17.7. The van der Waals surface area contributed by atoms with Crippen molar-refractivity contribution in [1.29, 1.82) is 0 Å². The third-order valence-electron chi connectivity index (χ3n) is 0.949. The lowest BCUT2D eigenvalue weighted by atomic mass is 10.2. The van der Waals surface area contributed by atoms with Gasteiger partial charge in [0, 0.05) is 7.11 Å². The first kappa shape index (κ1) is 20.3. The summed E-state index contributed by atoms with van der Waals surface area (Å²) in [7, 11) is 1.71. The van der Waals surface area contributed by atoms with E-state index < -0.39 is 5.97 Å². The molecule has 1 amide bonds. The Bertz CT molecular complexity index is 164. The fraction of sp³-hybridized carbons (Fsp3) is 0.818. The van der Waals surface area contributed by atoms with Crippen LogP contribution < -0.4 is 5.32 Å². The van der Waals surface area contributed by atoms with E-state index in [0.717, 1.165) is 0 Å². The van der Waals surface area contributed by atoms with E-state index in [2.05, 4.69) is 13.8 Å². The van der Waals surface area contributed by atoms with Gasteiger partial charge in [-0.3, -0.25) is 9.59 Å². The summed E-state index contributed by atoms with van der Waals surface area (Å²) in [5.41, 5.74) is 0.0417. The Morgan fingerprint density at radius 1 is 1.38 bits per heavy atom. The van der Waals surface area contributed by atoms with Gasteiger partial charge in [0.2, 0.25) is 6.41 Å². The van der Waals surface area contributed by atoms with Crippen molar-refractivity contribution in [3.63, 3.8) is 0 Å². The zero-order chi connectivity index (χ0) is 13.6. The first-order chi connectivity index (χ1) is 7.24. The van der Waals surface area contributed by atoms with Crippen LogP contribution in [0.5, 0.6) is 0 Å². The Balaban J connectivity index is -0.000000172. The highest BCUT2D eigenvalue weighted by molar-refractivity contribution is 5.71. The van der Waals surface area contributed by atoms with Gasteiger partial charge in [-0.25, -0.2) is 0 Å². The monoisotopic (exact) mass is 235 g/mol. The molecule has 0 rings (SSSR count). The summed E-state index contributed by atoms with van der Waals surface area (Å²) < 4.78 is 4.94. The number of hydrogen-bond donors (Lipinski definition) is 2. The van der Waals surface area contributed by atoms with Crippen LogP contribution in [0.4, 0.5) is 0 Å². The molecule has 0 aromatic carbocycles. The van der Waals surface area contributed by atoms with E-state index in [1.165, 1.54) is 6.42 Å². The lowest BCUT2D eigenvalue weighted by molar-refractivity contribution is -0.136. The van der Waals surface area contributed by atoms with Gasteiger partial charge in [0.15, 0.2) is 0 Å². The molecule has 98 valence electrons. The van der Waals surface area contributed by atoms with Crippen LogP contribution in [0.1, 0.15) is 41.0 Å². The van der Waals surface area contributed by atoms with Gasteiger partial charge in [0.25, 0.3) is 0 Å². The summed E-state index contributed by atoms with van der Waals surface area (Å²) in [4.78, 5) is 18.9. The maximum absolute atomic E-state index is 9.54. The Hall–Kier alpha value is -1.10. The lowest BCUT2D eigenvalue weighted by Gasteiger charge is -2.14. The average Bonchev–Trinajstić information content (AvgIpc) is 2.16. The van der Waals surface area contributed by atoms with E-state index >= 15 is 0 Å². The molecule has 0 heterocycles. The van der Waals surface area contributed by atoms with Gasteiger partial charge in [-0.2, -0.15) is 0 Å². The van der Waals surface area contributed by atoms with Gasteiger partial charge < -0.3 is 15.2 Å². The molecule has 0 saturated carbocycles. The molecule has 2 N–H and O–H groups in total. The summed E-state index contributed by atoms with van der Waals surface area (Å²) >= 11 is 0. The summed E-state index contributed by atoms with van der Waals surface area (Å²) in [5.74, 6) is -1.04. The van der Waals surface area contributed by atoms with Gasteiger partial charge in [0.1, 0.15) is 6.54 Å². The second-order valence-electron chi connectivity index (χ2n) is 3.92. The van der Waals surface area contributed by atoms with Crippen LogP contribution in [0.3, 0.4) is 0 Å². The van der Waals surface area contributed by atoms with Crippen LogP contribution in [0, 0.1) is 0 Å². The third kappa shape index (κ3) is 52.5. The number of methoxy groups -OCH3 is 1. The van der Waals surface area contributed by atoms with Crippen LogP contribution in [0.25, 0.3) is 0 Å². The lowest BCUT2D eigenvalue weighted by Crippen LogP contribution is -2.20. The van der Waals surface area contributed by atoms with Crippen LogP contribution in [0.15, 0.2) is 0 Å². The number of aliphatic carboxylic acids is 1. The molecule has 0 aromatic rings. The highest BCUT2D eigenvalue weighted by atomic mass is 16.5. The zero-order valence-electron chi connectivity index (χ0n) is 11.2. The molecule has 0 bridgehead atoms. The first-order valence-corrected chi connectivity index (χ1v) is 5.19. The topological polar surface area (TPSA) is 75.6 Å². The molecule has 0 aromatic heterocycles. The number of ether oxygens (including phenoxy) is 1. The Morgan fingerprint density at radius 2 is 1.69 bits per heavy atom. The van der Waals surface area contributed by atoms with Crippen LogP contribution in [0.2, 0.25) is 0 Å². The molecule has 5 nitrogen and oxygen atoms in total. The van der Waals surface area contributed by atoms with E-state index in [1.54, 1.807) is 7.11 Å². The van der Waals surface area contributed by atoms with Crippen molar-refractivity contribution in [3.05, 3.63) is 0 Å². The molecule has 0 spiro atoms. The largest absolute Gasteiger partial charge is 0.480 e.